The van der Waals surface area contributed by atoms with Crippen molar-refractivity contribution in [3.05, 3.63) is 0 Å². The molecule has 4 N–H and O–H groups in total. The van der Waals surface area contributed by atoms with Crippen LogP contribution in [0.4, 0.5) is 0 Å². The number of carbonyl (C=O) groups excluding carboxylic acids is 2. The average molecular weight is 284 g/mol. The van der Waals surface area contributed by atoms with E-state index in [0.717, 1.165) is 25.9 Å². The van der Waals surface area contributed by atoms with Gasteiger partial charge in [-0.05, 0) is 38.8 Å². The molecule has 0 spiro atoms. The molecule has 1 aliphatic rings. The van der Waals surface area contributed by atoms with Crippen molar-refractivity contribution >= 4 is 11.8 Å². The normalized spacial score (nSPS) is 18.2. The van der Waals surface area contributed by atoms with Gasteiger partial charge in [0.2, 0.25) is 11.8 Å². The Morgan fingerprint density at radius 3 is 2.40 bits per heavy atom. The Balaban J connectivity index is 2.65. The zero-order chi connectivity index (χ0) is 15.1. The largest absolute Gasteiger partial charge is 0.369 e. The molecule has 1 unspecified atom stereocenters. The van der Waals surface area contributed by atoms with E-state index in [0.29, 0.717) is 12.5 Å². The molecule has 0 aromatic carbocycles. The maximum atomic E-state index is 12.2. The van der Waals surface area contributed by atoms with Crippen LogP contribution < -0.4 is 16.4 Å². The lowest BCUT2D eigenvalue weighted by atomic mass is 10.0. The Kier molecular flexibility index (Phi) is 6.95. The second-order valence-corrected chi connectivity index (χ2v) is 5.93. The van der Waals surface area contributed by atoms with Crippen molar-refractivity contribution in [2.45, 2.75) is 45.7 Å². The van der Waals surface area contributed by atoms with Crippen LogP contribution in [-0.4, -0.2) is 55.0 Å². The van der Waals surface area contributed by atoms with Crippen LogP contribution >= 0.6 is 0 Å². The minimum atomic E-state index is -0.382. The maximum absolute atomic E-state index is 12.2. The molecule has 1 heterocycles. The number of primary amides is 1. The number of nitrogens with one attached hydrogen (secondary N) is 2. The fourth-order valence-corrected chi connectivity index (χ4v) is 2.50. The second-order valence-electron chi connectivity index (χ2n) is 5.93. The van der Waals surface area contributed by atoms with Gasteiger partial charge in [0.1, 0.15) is 0 Å². The van der Waals surface area contributed by atoms with Gasteiger partial charge < -0.3 is 16.4 Å². The first-order valence-electron chi connectivity index (χ1n) is 7.44. The monoisotopic (exact) mass is 284 g/mol. The summed E-state index contributed by atoms with van der Waals surface area (Å²) in [4.78, 5) is 25.4. The Hall–Kier alpha value is -1.14. The van der Waals surface area contributed by atoms with E-state index in [2.05, 4.69) is 24.5 Å². The molecule has 1 atom stereocenters. The number of nitrogens with zero attached hydrogens (tertiary/aromatic N) is 1. The van der Waals surface area contributed by atoms with Gasteiger partial charge in [-0.15, -0.1) is 0 Å². The van der Waals surface area contributed by atoms with Crippen molar-refractivity contribution in [3.8, 4) is 0 Å². The highest BCUT2D eigenvalue weighted by Crippen LogP contribution is 2.15. The van der Waals surface area contributed by atoms with E-state index in [9.17, 15) is 9.59 Å². The topological polar surface area (TPSA) is 87.5 Å². The second kappa shape index (κ2) is 8.21. The quantitative estimate of drug-likeness (QED) is 0.598. The lowest BCUT2D eigenvalue weighted by Crippen LogP contribution is -2.55. The highest BCUT2D eigenvalue weighted by molar-refractivity contribution is 5.83. The van der Waals surface area contributed by atoms with Crippen molar-refractivity contribution in [3.63, 3.8) is 0 Å². The third-order valence-corrected chi connectivity index (χ3v) is 3.68. The first-order chi connectivity index (χ1) is 9.41. The van der Waals surface area contributed by atoms with Crippen LogP contribution in [0.1, 0.15) is 33.6 Å². The van der Waals surface area contributed by atoms with Gasteiger partial charge in [0, 0.05) is 12.6 Å². The summed E-state index contributed by atoms with van der Waals surface area (Å²) in [7, 11) is 0. The molecule has 1 fully saturated rings. The number of carbonyl (C=O) groups is 2. The van der Waals surface area contributed by atoms with Crippen LogP contribution in [-0.2, 0) is 9.59 Å². The van der Waals surface area contributed by atoms with Crippen molar-refractivity contribution in [1.82, 2.24) is 15.5 Å². The molecule has 116 valence electrons. The lowest BCUT2D eigenvalue weighted by Gasteiger charge is -2.37. The summed E-state index contributed by atoms with van der Waals surface area (Å²) < 4.78 is 0. The molecular formula is C14H28N4O2. The van der Waals surface area contributed by atoms with E-state index in [1.165, 1.54) is 0 Å². The molecule has 0 radical (unpaired) electrons. The number of nitrogens with two attached hydrogens (primary N) is 1. The molecule has 1 aliphatic heterocycles. The fraction of sp³-hybridized carbons (Fsp3) is 0.857. The minimum Gasteiger partial charge on any atom is -0.369 e. The SMILES string of the molecule is CC(C)CNC(=O)C(C)N(CC(N)=O)C1CCNCC1. The van der Waals surface area contributed by atoms with Gasteiger partial charge in [-0.25, -0.2) is 0 Å². The van der Waals surface area contributed by atoms with Gasteiger partial charge in [-0.2, -0.15) is 0 Å². The summed E-state index contributed by atoms with van der Waals surface area (Å²) in [5.74, 6) is 0.000135. The number of piperidine rings is 1. The number of hydrogen-bond donors (Lipinski definition) is 3. The third-order valence-electron chi connectivity index (χ3n) is 3.68. The zero-order valence-corrected chi connectivity index (χ0v) is 12.8. The van der Waals surface area contributed by atoms with Gasteiger partial charge in [-0.1, -0.05) is 13.8 Å². The van der Waals surface area contributed by atoms with Gasteiger partial charge in [0.05, 0.1) is 12.6 Å². The molecule has 0 aromatic rings. The predicted molar refractivity (Wildman–Crippen MR) is 79.1 cm³/mol. The summed E-state index contributed by atoms with van der Waals surface area (Å²) in [6.07, 6.45) is 1.88. The Morgan fingerprint density at radius 2 is 1.90 bits per heavy atom. The third kappa shape index (κ3) is 5.46. The summed E-state index contributed by atoms with van der Waals surface area (Å²) in [5.41, 5.74) is 5.33. The van der Waals surface area contributed by atoms with Gasteiger partial charge in [0.15, 0.2) is 0 Å². The van der Waals surface area contributed by atoms with Gasteiger partial charge in [-0.3, -0.25) is 14.5 Å². The van der Waals surface area contributed by atoms with Crippen molar-refractivity contribution in [2.75, 3.05) is 26.2 Å². The Labute approximate surface area is 121 Å². The Morgan fingerprint density at radius 1 is 1.30 bits per heavy atom. The molecule has 1 rings (SSSR count). The smallest absolute Gasteiger partial charge is 0.237 e. The van der Waals surface area contributed by atoms with Crippen LogP contribution in [0.25, 0.3) is 0 Å². The van der Waals surface area contributed by atoms with Crippen LogP contribution in [0.3, 0.4) is 0 Å². The van der Waals surface area contributed by atoms with Crippen LogP contribution in [0.15, 0.2) is 0 Å². The molecule has 0 bridgehead atoms. The zero-order valence-electron chi connectivity index (χ0n) is 12.8. The van der Waals surface area contributed by atoms with Crippen molar-refractivity contribution in [2.24, 2.45) is 11.7 Å². The summed E-state index contributed by atoms with van der Waals surface area (Å²) in [5, 5.41) is 6.21. The first kappa shape index (κ1) is 16.9. The van der Waals surface area contributed by atoms with Crippen LogP contribution in [0.5, 0.6) is 0 Å². The molecule has 6 nitrogen and oxygen atoms in total. The van der Waals surface area contributed by atoms with Crippen molar-refractivity contribution in [1.29, 1.82) is 0 Å². The highest BCUT2D eigenvalue weighted by Gasteiger charge is 2.30. The predicted octanol–water partition coefficient (Wildman–Crippen LogP) is -0.314. The van der Waals surface area contributed by atoms with Gasteiger partial charge in [0.25, 0.3) is 0 Å². The van der Waals surface area contributed by atoms with E-state index in [4.69, 9.17) is 5.73 Å². The lowest BCUT2D eigenvalue weighted by molar-refractivity contribution is -0.129. The van der Waals surface area contributed by atoms with Crippen molar-refractivity contribution < 1.29 is 9.59 Å². The Bertz CT molecular complexity index is 327. The number of hydrogen-bond acceptors (Lipinski definition) is 4. The molecule has 2 amide bonds. The molecule has 0 aliphatic carbocycles. The van der Waals surface area contributed by atoms with E-state index in [1.807, 2.05) is 11.8 Å². The molecule has 1 saturated heterocycles. The molecule has 0 saturated carbocycles. The standard InChI is InChI=1S/C14H28N4O2/c1-10(2)8-17-14(20)11(3)18(9-13(15)19)12-4-6-16-7-5-12/h10-12,16H,4-9H2,1-3H3,(H2,15,19)(H,17,20). The van der Waals surface area contributed by atoms with E-state index >= 15 is 0 Å². The minimum absolute atomic E-state index is 0.0292. The molecular weight excluding hydrogens is 256 g/mol. The van der Waals surface area contributed by atoms with Crippen LogP contribution in [0, 0.1) is 5.92 Å². The van der Waals surface area contributed by atoms with E-state index < -0.39 is 0 Å². The number of rotatable bonds is 7. The van der Waals surface area contributed by atoms with Gasteiger partial charge >= 0.3 is 0 Å². The highest BCUT2D eigenvalue weighted by atomic mass is 16.2. The fourth-order valence-electron chi connectivity index (χ4n) is 2.50. The first-order valence-corrected chi connectivity index (χ1v) is 7.44. The number of amides is 2. The molecule has 6 heteroatoms. The summed E-state index contributed by atoms with van der Waals surface area (Å²) in [6, 6.07) is -0.0899. The van der Waals surface area contributed by atoms with E-state index in [1.54, 1.807) is 0 Å². The van der Waals surface area contributed by atoms with E-state index in [-0.39, 0.29) is 30.4 Å². The maximum Gasteiger partial charge on any atom is 0.237 e. The summed E-state index contributed by atoms with van der Waals surface area (Å²) >= 11 is 0. The average Bonchev–Trinajstić information content (AvgIpc) is 2.42. The molecule has 20 heavy (non-hydrogen) atoms. The van der Waals surface area contributed by atoms with Crippen LogP contribution in [0.2, 0.25) is 0 Å². The summed E-state index contributed by atoms with van der Waals surface area (Å²) in [6.45, 7) is 8.58. The molecule has 0 aromatic heterocycles.